The molecule has 0 aliphatic heterocycles. The molecule has 0 fully saturated rings. The molecule has 11 heteroatoms. The zero-order chi connectivity index (χ0) is 25.0. The highest BCUT2D eigenvalue weighted by atomic mass is 32.1. The summed E-state index contributed by atoms with van der Waals surface area (Å²) in [5, 5.41) is 9.89. The Morgan fingerprint density at radius 1 is 0.857 bits per heavy atom. The zero-order valence-corrected chi connectivity index (χ0v) is 19.5. The number of pyridine rings is 1. The molecule has 2 aromatic heterocycles. The summed E-state index contributed by atoms with van der Waals surface area (Å²) in [6, 6.07) is 15.9. The molecule has 0 unspecified atom stereocenters. The third kappa shape index (κ3) is 6.48. The monoisotopic (exact) mass is 495 g/mol. The Balaban J connectivity index is 1.59. The summed E-state index contributed by atoms with van der Waals surface area (Å²) in [5.74, 6) is 0.510. The van der Waals surface area contributed by atoms with E-state index >= 15 is 0 Å². The quantitative estimate of drug-likeness (QED) is 0.184. The van der Waals surface area contributed by atoms with Crippen molar-refractivity contribution in [2.75, 3.05) is 16.0 Å². The Bertz CT molecular complexity index is 1380. The Morgan fingerprint density at radius 3 is 2.23 bits per heavy atom. The summed E-state index contributed by atoms with van der Waals surface area (Å²) in [4.78, 5) is 17.5. The molecule has 4 rings (SSSR count). The van der Waals surface area contributed by atoms with E-state index in [1.165, 1.54) is 12.1 Å². The minimum atomic E-state index is -4.42. The lowest BCUT2D eigenvalue weighted by molar-refractivity contribution is -0.137. The number of benzene rings is 2. The van der Waals surface area contributed by atoms with Crippen LogP contribution in [-0.4, -0.2) is 26.0 Å². The molecule has 7 nitrogen and oxygen atoms in total. The number of aromatic nitrogens is 3. The fourth-order valence-electron chi connectivity index (χ4n) is 3.25. The lowest BCUT2D eigenvalue weighted by Crippen LogP contribution is -2.26. The highest BCUT2D eigenvalue weighted by Crippen LogP contribution is 2.29. The second-order valence-electron chi connectivity index (χ2n) is 7.61. The van der Waals surface area contributed by atoms with Crippen molar-refractivity contribution in [1.29, 1.82) is 0 Å². The maximum absolute atomic E-state index is 12.8. The van der Waals surface area contributed by atoms with Gasteiger partial charge in [0.2, 0.25) is 17.0 Å². The van der Waals surface area contributed by atoms with Gasteiger partial charge < -0.3 is 10.6 Å². The van der Waals surface area contributed by atoms with Gasteiger partial charge >= 0.3 is 6.18 Å². The van der Waals surface area contributed by atoms with E-state index < -0.39 is 11.7 Å². The minimum absolute atomic E-state index is 0.0119. The summed E-state index contributed by atoms with van der Waals surface area (Å²) in [6.07, 6.45) is -2.77. The van der Waals surface area contributed by atoms with Crippen LogP contribution in [0.2, 0.25) is 0 Å². The molecule has 2 aromatic carbocycles. The first-order valence-electron chi connectivity index (χ1n) is 10.4. The first kappa shape index (κ1) is 24.0. The van der Waals surface area contributed by atoms with Gasteiger partial charge in [-0.2, -0.15) is 18.2 Å². The Hall–Kier alpha value is -4.12. The van der Waals surface area contributed by atoms with Crippen molar-refractivity contribution in [2.24, 2.45) is 4.99 Å². The summed E-state index contributed by atoms with van der Waals surface area (Å²) in [6.45, 7) is 3.68. The van der Waals surface area contributed by atoms with E-state index in [0.29, 0.717) is 17.3 Å². The molecule has 0 saturated heterocycles. The maximum Gasteiger partial charge on any atom is 0.416 e. The van der Waals surface area contributed by atoms with Crippen LogP contribution in [0, 0.1) is 13.8 Å². The van der Waals surface area contributed by atoms with Crippen molar-refractivity contribution in [3.8, 4) is 0 Å². The van der Waals surface area contributed by atoms with Gasteiger partial charge in [-0.3, -0.25) is 10.3 Å². The molecule has 0 saturated carbocycles. The van der Waals surface area contributed by atoms with E-state index in [1.807, 2.05) is 50.2 Å². The van der Waals surface area contributed by atoms with E-state index in [1.54, 1.807) is 6.20 Å². The normalized spacial score (nSPS) is 11.9. The number of nitrogens with one attached hydrogen (secondary N) is 3. The average molecular weight is 496 g/mol. The van der Waals surface area contributed by atoms with Crippen molar-refractivity contribution in [3.05, 3.63) is 83.8 Å². The Morgan fingerprint density at radius 2 is 1.54 bits per heavy atom. The topological polar surface area (TPSA) is 87.1 Å². The zero-order valence-electron chi connectivity index (χ0n) is 18.7. The molecule has 178 valence electrons. The van der Waals surface area contributed by atoms with E-state index in [2.05, 4.69) is 35.9 Å². The molecule has 0 aliphatic rings. The van der Waals surface area contributed by atoms with Crippen LogP contribution in [0.1, 0.15) is 17.0 Å². The van der Waals surface area contributed by atoms with E-state index in [0.717, 1.165) is 34.4 Å². The summed E-state index contributed by atoms with van der Waals surface area (Å²) >= 11 is 5.32. The van der Waals surface area contributed by atoms with Gasteiger partial charge in [-0.1, -0.05) is 18.2 Å². The second kappa shape index (κ2) is 10.0. The predicted molar refractivity (Wildman–Crippen MR) is 136 cm³/mol. The third-order valence-corrected chi connectivity index (χ3v) is 4.94. The van der Waals surface area contributed by atoms with Gasteiger partial charge in [-0.25, -0.2) is 9.97 Å². The van der Waals surface area contributed by atoms with Crippen LogP contribution >= 0.6 is 12.2 Å². The van der Waals surface area contributed by atoms with Crippen LogP contribution in [0.3, 0.4) is 0 Å². The van der Waals surface area contributed by atoms with Gasteiger partial charge in [0.1, 0.15) is 0 Å². The molecule has 0 amide bonds. The van der Waals surface area contributed by atoms with Crippen LogP contribution in [-0.2, 0) is 6.18 Å². The number of rotatable bonds is 3. The third-order valence-electron chi connectivity index (χ3n) is 4.74. The van der Waals surface area contributed by atoms with Gasteiger partial charge in [0, 0.05) is 22.5 Å². The SMILES string of the molecule is Cc1cc(C)nc(N/C(=N\C(=S)Nc2ccc(C(F)(F)F)cc2)Nc2cnc3ccccc3c2)n1. The van der Waals surface area contributed by atoms with E-state index in [4.69, 9.17) is 12.2 Å². The van der Waals surface area contributed by atoms with E-state index in [-0.39, 0.29) is 11.1 Å². The maximum atomic E-state index is 12.8. The van der Waals surface area contributed by atoms with Gasteiger partial charge in [0.15, 0.2) is 0 Å². The lowest BCUT2D eigenvalue weighted by Gasteiger charge is -2.13. The summed E-state index contributed by atoms with van der Waals surface area (Å²) < 4.78 is 38.5. The fourth-order valence-corrected chi connectivity index (χ4v) is 3.46. The predicted octanol–water partition coefficient (Wildman–Crippen LogP) is 5.94. The molecule has 0 atom stereocenters. The highest BCUT2D eigenvalue weighted by Gasteiger charge is 2.29. The highest BCUT2D eigenvalue weighted by molar-refractivity contribution is 7.80. The molecule has 2 heterocycles. The van der Waals surface area contributed by atoms with Crippen molar-refractivity contribution in [3.63, 3.8) is 0 Å². The lowest BCUT2D eigenvalue weighted by atomic mass is 10.2. The Labute approximate surface area is 204 Å². The molecule has 35 heavy (non-hydrogen) atoms. The number of alkyl halides is 3. The first-order valence-corrected chi connectivity index (χ1v) is 10.8. The van der Waals surface area contributed by atoms with Gasteiger partial charge in [-0.15, -0.1) is 0 Å². The second-order valence-corrected chi connectivity index (χ2v) is 7.99. The molecule has 0 spiro atoms. The smallest absolute Gasteiger partial charge is 0.331 e. The number of halogens is 3. The summed E-state index contributed by atoms with van der Waals surface area (Å²) in [7, 11) is 0. The summed E-state index contributed by atoms with van der Waals surface area (Å²) in [5.41, 5.74) is 2.60. The van der Waals surface area contributed by atoms with Crippen LogP contribution in [0.5, 0.6) is 0 Å². The fraction of sp³-hybridized carbons (Fsp3) is 0.125. The number of para-hydroxylation sites is 1. The van der Waals surface area contributed by atoms with Gasteiger partial charge in [-0.05, 0) is 68.5 Å². The molecule has 3 N–H and O–H groups in total. The van der Waals surface area contributed by atoms with Crippen LogP contribution in [0.25, 0.3) is 10.9 Å². The molecule has 0 aliphatic carbocycles. The van der Waals surface area contributed by atoms with Crippen molar-refractivity contribution >= 4 is 51.5 Å². The van der Waals surface area contributed by atoms with Crippen LogP contribution < -0.4 is 16.0 Å². The number of nitrogens with zero attached hydrogens (tertiary/aromatic N) is 4. The van der Waals surface area contributed by atoms with Gasteiger partial charge in [0.05, 0.1) is 23.0 Å². The average Bonchev–Trinajstić information content (AvgIpc) is 2.78. The molecule has 0 bridgehead atoms. The van der Waals surface area contributed by atoms with Crippen LogP contribution in [0.4, 0.5) is 30.5 Å². The number of hydrogen-bond acceptors (Lipinski definition) is 4. The van der Waals surface area contributed by atoms with Crippen molar-refractivity contribution in [2.45, 2.75) is 20.0 Å². The number of anilines is 3. The van der Waals surface area contributed by atoms with Gasteiger partial charge in [0.25, 0.3) is 0 Å². The first-order chi connectivity index (χ1) is 16.7. The van der Waals surface area contributed by atoms with E-state index in [9.17, 15) is 13.2 Å². The molecular weight excluding hydrogens is 475 g/mol. The standard InChI is InChI=1S/C24H20F3N7S/c1-14-11-15(2)30-21(29-14)33-22(31-19-12-16-5-3-4-6-20(16)28-13-19)34-23(35)32-18-9-7-17(8-10-18)24(25,26)27/h3-13H,1-2H3,(H3,29,30,31,32,33,34,35). The molecular formula is C24H20F3N7S. The number of fused-ring (bicyclic) bond motifs is 1. The van der Waals surface area contributed by atoms with Crippen molar-refractivity contribution < 1.29 is 13.2 Å². The largest absolute Gasteiger partial charge is 0.416 e. The number of hydrogen-bond donors (Lipinski definition) is 3. The molecule has 0 radical (unpaired) electrons. The molecule has 4 aromatic rings. The van der Waals surface area contributed by atoms with Crippen LogP contribution in [0.15, 0.2) is 71.9 Å². The number of aryl methyl sites for hydroxylation is 2. The minimum Gasteiger partial charge on any atom is -0.331 e. The number of guanidine groups is 1. The Kier molecular flexibility index (Phi) is 6.87. The number of aliphatic imine (C=N–C) groups is 1. The number of thiocarbonyl (C=S) groups is 1. The van der Waals surface area contributed by atoms with Crippen molar-refractivity contribution in [1.82, 2.24) is 15.0 Å².